The van der Waals surface area contributed by atoms with Gasteiger partial charge in [-0.1, -0.05) is 0 Å². The average molecular weight is 334 g/mol. The summed E-state index contributed by atoms with van der Waals surface area (Å²) in [5.74, 6) is 2.58. The Kier molecular flexibility index (Phi) is 4.76. The van der Waals surface area contributed by atoms with Crippen LogP contribution in [-0.2, 0) is 12.8 Å². The molecule has 1 aromatic heterocycles. The minimum atomic E-state index is 0.120. The van der Waals surface area contributed by atoms with Crippen molar-refractivity contribution in [1.82, 2.24) is 15.1 Å². The predicted molar refractivity (Wildman–Crippen MR) is 95.3 cm³/mol. The maximum absolute atomic E-state index is 12.4. The van der Waals surface area contributed by atoms with Crippen molar-refractivity contribution < 1.29 is 0 Å². The molecule has 1 saturated carbocycles. The Labute approximate surface area is 142 Å². The third-order valence-corrected chi connectivity index (χ3v) is 6.84. The number of hydrogen-bond acceptors (Lipinski definition) is 4. The van der Waals surface area contributed by atoms with Gasteiger partial charge in [0.15, 0.2) is 0 Å². The second-order valence-corrected chi connectivity index (χ2v) is 8.49. The molecule has 2 aliphatic carbocycles. The SMILES string of the molecule is O=c1cc2c(nn1C1CCC(NC3CCSC3)CC1)CCCC2. The fourth-order valence-corrected chi connectivity index (χ4v) is 5.49. The first-order chi connectivity index (χ1) is 11.3. The van der Waals surface area contributed by atoms with Crippen LogP contribution in [0.2, 0.25) is 0 Å². The van der Waals surface area contributed by atoms with Crippen molar-refractivity contribution in [3.05, 3.63) is 27.7 Å². The van der Waals surface area contributed by atoms with Gasteiger partial charge in [-0.15, -0.1) is 0 Å². The molecule has 0 bridgehead atoms. The second kappa shape index (κ2) is 6.98. The fraction of sp³-hybridized carbons (Fsp3) is 0.778. The van der Waals surface area contributed by atoms with Gasteiger partial charge in [-0.2, -0.15) is 16.9 Å². The largest absolute Gasteiger partial charge is 0.310 e. The van der Waals surface area contributed by atoms with Gasteiger partial charge in [-0.05, 0) is 69.1 Å². The first kappa shape index (κ1) is 15.7. The van der Waals surface area contributed by atoms with Crippen LogP contribution in [0.1, 0.15) is 62.2 Å². The molecule has 4 rings (SSSR count). The van der Waals surface area contributed by atoms with Gasteiger partial charge in [0.25, 0.3) is 5.56 Å². The molecule has 0 radical (unpaired) electrons. The van der Waals surface area contributed by atoms with E-state index in [1.165, 1.54) is 54.9 Å². The summed E-state index contributed by atoms with van der Waals surface area (Å²) in [6.07, 6.45) is 10.3. The highest BCUT2D eigenvalue weighted by Gasteiger charge is 2.27. The smallest absolute Gasteiger partial charge is 0.267 e. The predicted octanol–water partition coefficient (Wildman–Crippen LogP) is 2.70. The van der Waals surface area contributed by atoms with Gasteiger partial charge in [0.05, 0.1) is 11.7 Å². The lowest BCUT2D eigenvalue weighted by Gasteiger charge is -2.31. The molecule has 4 nitrogen and oxygen atoms in total. The number of nitrogens with one attached hydrogen (secondary N) is 1. The molecule has 0 spiro atoms. The zero-order chi connectivity index (χ0) is 15.6. The Morgan fingerprint density at radius 1 is 1.09 bits per heavy atom. The van der Waals surface area contributed by atoms with Crippen LogP contribution in [-0.4, -0.2) is 33.4 Å². The highest BCUT2D eigenvalue weighted by Crippen LogP contribution is 2.29. The van der Waals surface area contributed by atoms with Gasteiger partial charge < -0.3 is 5.32 Å². The second-order valence-electron chi connectivity index (χ2n) is 7.34. The third kappa shape index (κ3) is 3.50. The number of thioether (sulfide) groups is 1. The van der Waals surface area contributed by atoms with Gasteiger partial charge in [0.2, 0.25) is 0 Å². The monoisotopic (exact) mass is 333 g/mol. The maximum Gasteiger partial charge on any atom is 0.267 e. The van der Waals surface area contributed by atoms with Crippen molar-refractivity contribution in [1.29, 1.82) is 0 Å². The minimum Gasteiger partial charge on any atom is -0.310 e. The molecule has 1 aliphatic heterocycles. The van der Waals surface area contributed by atoms with Crippen molar-refractivity contribution in [2.24, 2.45) is 0 Å². The standard InChI is InChI=1S/C18H27N3OS/c22-18-11-13-3-1-2-4-17(13)20-21(18)16-7-5-14(6-8-16)19-15-9-10-23-12-15/h11,14-16,19H,1-10,12H2. The van der Waals surface area contributed by atoms with E-state index in [1.807, 2.05) is 10.7 Å². The van der Waals surface area contributed by atoms with E-state index in [4.69, 9.17) is 5.10 Å². The zero-order valence-electron chi connectivity index (χ0n) is 13.8. The molecule has 5 heteroatoms. The van der Waals surface area contributed by atoms with Crippen molar-refractivity contribution >= 4 is 11.8 Å². The summed E-state index contributed by atoms with van der Waals surface area (Å²) >= 11 is 2.07. The molecular formula is C18H27N3OS. The van der Waals surface area contributed by atoms with Crippen molar-refractivity contribution in [3.63, 3.8) is 0 Å². The molecule has 1 aromatic rings. The summed E-state index contributed by atoms with van der Waals surface area (Å²) in [5.41, 5.74) is 2.50. The lowest BCUT2D eigenvalue weighted by Crippen LogP contribution is -2.42. The molecular weight excluding hydrogens is 306 g/mol. The Bertz CT molecular complexity index is 601. The summed E-state index contributed by atoms with van der Waals surface area (Å²) in [6.45, 7) is 0. The van der Waals surface area contributed by atoms with Gasteiger partial charge >= 0.3 is 0 Å². The summed E-state index contributed by atoms with van der Waals surface area (Å²) in [4.78, 5) is 12.4. The molecule has 2 heterocycles. The van der Waals surface area contributed by atoms with Gasteiger partial charge in [0.1, 0.15) is 0 Å². The molecule has 2 fully saturated rings. The van der Waals surface area contributed by atoms with Crippen LogP contribution in [0.25, 0.3) is 0 Å². The molecule has 23 heavy (non-hydrogen) atoms. The molecule has 1 unspecified atom stereocenters. The van der Waals surface area contributed by atoms with Crippen molar-refractivity contribution in [2.45, 2.75) is 75.9 Å². The maximum atomic E-state index is 12.4. The fourth-order valence-electron chi connectivity index (χ4n) is 4.32. The Balaban J connectivity index is 1.41. The van der Waals surface area contributed by atoms with Crippen LogP contribution in [0.15, 0.2) is 10.9 Å². The Morgan fingerprint density at radius 2 is 1.91 bits per heavy atom. The van der Waals surface area contributed by atoms with Gasteiger partial charge in [-0.3, -0.25) is 4.79 Å². The highest BCUT2D eigenvalue weighted by molar-refractivity contribution is 7.99. The van der Waals surface area contributed by atoms with E-state index in [2.05, 4.69) is 17.1 Å². The van der Waals surface area contributed by atoms with E-state index < -0.39 is 0 Å². The highest BCUT2D eigenvalue weighted by atomic mass is 32.2. The summed E-state index contributed by atoms with van der Waals surface area (Å²) < 4.78 is 1.81. The normalized spacial score (nSPS) is 31.0. The summed E-state index contributed by atoms with van der Waals surface area (Å²) in [5, 5.41) is 8.57. The van der Waals surface area contributed by atoms with E-state index in [-0.39, 0.29) is 5.56 Å². The van der Waals surface area contributed by atoms with Crippen molar-refractivity contribution in [2.75, 3.05) is 11.5 Å². The van der Waals surface area contributed by atoms with E-state index >= 15 is 0 Å². The molecule has 3 aliphatic rings. The van der Waals surface area contributed by atoms with E-state index in [0.29, 0.717) is 18.1 Å². The van der Waals surface area contributed by atoms with E-state index in [9.17, 15) is 4.79 Å². The van der Waals surface area contributed by atoms with Gasteiger partial charge in [0, 0.05) is 23.9 Å². The molecule has 0 amide bonds. The number of hydrogen-bond donors (Lipinski definition) is 1. The number of nitrogens with zero attached hydrogens (tertiary/aromatic N) is 2. The summed E-state index contributed by atoms with van der Waals surface area (Å²) in [7, 11) is 0. The Morgan fingerprint density at radius 3 is 2.70 bits per heavy atom. The number of rotatable bonds is 3. The minimum absolute atomic E-state index is 0.120. The zero-order valence-corrected chi connectivity index (χ0v) is 14.6. The van der Waals surface area contributed by atoms with Crippen LogP contribution in [0.5, 0.6) is 0 Å². The number of fused-ring (bicyclic) bond motifs is 1. The topological polar surface area (TPSA) is 46.9 Å². The molecule has 1 atom stereocenters. The Hall–Kier alpha value is -0.810. The van der Waals surface area contributed by atoms with Crippen LogP contribution < -0.4 is 10.9 Å². The number of aromatic nitrogens is 2. The molecule has 0 aromatic carbocycles. The average Bonchev–Trinajstić information content (AvgIpc) is 3.08. The lowest BCUT2D eigenvalue weighted by molar-refractivity contribution is 0.257. The van der Waals surface area contributed by atoms with Crippen LogP contribution >= 0.6 is 11.8 Å². The quantitative estimate of drug-likeness (QED) is 0.924. The number of aryl methyl sites for hydroxylation is 2. The van der Waals surface area contributed by atoms with E-state index in [0.717, 1.165) is 25.7 Å². The van der Waals surface area contributed by atoms with E-state index in [1.54, 1.807) is 0 Å². The molecule has 1 N–H and O–H groups in total. The van der Waals surface area contributed by atoms with Crippen LogP contribution in [0.4, 0.5) is 0 Å². The third-order valence-electron chi connectivity index (χ3n) is 5.68. The lowest BCUT2D eigenvalue weighted by atomic mass is 9.90. The van der Waals surface area contributed by atoms with Gasteiger partial charge in [-0.25, -0.2) is 4.68 Å². The van der Waals surface area contributed by atoms with Crippen molar-refractivity contribution in [3.8, 4) is 0 Å². The molecule has 1 saturated heterocycles. The molecule has 126 valence electrons. The summed E-state index contributed by atoms with van der Waals surface area (Å²) in [6, 6.07) is 3.53. The van der Waals surface area contributed by atoms with Crippen LogP contribution in [0, 0.1) is 0 Å². The first-order valence-electron chi connectivity index (χ1n) is 9.25. The van der Waals surface area contributed by atoms with Crippen LogP contribution in [0.3, 0.4) is 0 Å². The first-order valence-corrected chi connectivity index (χ1v) is 10.4.